The van der Waals surface area contributed by atoms with Crippen LogP contribution in [0.5, 0.6) is 0 Å². The van der Waals surface area contributed by atoms with Crippen molar-refractivity contribution in [1.29, 1.82) is 5.26 Å². The molecule has 2 fully saturated rings. The molecule has 0 bridgehead atoms. The summed E-state index contributed by atoms with van der Waals surface area (Å²) in [5.41, 5.74) is -0.843. The number of hydrogen-bond donors (Lipinski definition) is 1. The molecule has 0 spiro atoms. The van der Waals surface area contributed by atoms with E-state index in [0.717, 1.165) is 25.7 Å². The van der Waals surface area contributed by atoms with Crippen molar-refractivity contribution >= 4 is 11.8 Å². The van der Waals surface area contributed by atoms with Gasteiger partial charge in [0, 0.05) is 26.1 Å². The van der Waals surface area contributed by atoms with Gasteiger partial charge in [-0.3, -0.25) is 9.59 Å². The van der Waals surface area contributed by atoms with Gasteiger partial charge in [0.15, 0.2) is 0 Å². The quantitative estimate of drug-likeness (QED) is 0.722. The highest BCUT2D eigenvalue weighted by Crippen LogP contribution is 2.36. The predicted octanol–water partition coefficient (Wildman–Crippen LogP) is 1.20. The minimum Gasteiger partial charge on any atom is -0.354 e. The molecule has 0 aromatic carbocycles. The van der Waals surface area contributed by atoms with Crippen molar-refractivity contribution in [2.45, 2.75) is 44.9 Å². The molecule has 0 aromatic heterocycles. The summed E-state index contributed by atoms with van der Waals surface area (Å²) >= 11 is 0. The van der Waals surface area contributed by atoms with E-state index < -0.39 is 5.41 Å². The number of hydrogen-bond acceptors (Lipinski definition) is 3. The smallest absolute Gasteiger partial charge is 0.243 e. The molecule has 0 radical (unpaired) electrons. The van der Waals surface area contributed by atoms with Crippen molar-refractivity contribution < 1.29 is 9.59 Å². The van der Waals surface area contributed by atoms with Crippen LogP contribution in [0.4, 0.5) is 0 Å². The summed E-state index contributed by atoms with van der Waals surface area (Å²) in [5.74, 6) is -0.0735. The predicted molar refractivity (Wildman–Crippen MR) is 70.0 cm³/mol. The molecule has 1 saturated carbocycles. The topological polar surface area (TPSA) is 73.2 Å². The van der Waals surface area contributed by atoms with E-state index in [4.69, 9.17) is 0 Å². The molecule has 1 N–H and O–H groups in total. The lowest BCUT2D eigenvalue weighted by Crippen LogP contribution is -2.44. The normalized spacial score (nSPS) is 23.7. The van der Waals surface area contributed by atoms with Gasteiger partial charge in [-0.25, -0.2) is 0 Å². The number of rotatable bonds is 1. The summed E-state index contributed by atoms with van der Waals surface area (Å²) in [6, 6.07) is 2.29. The molecule has 1 aliphatic carbocycles. The van der Waals surface area contributed by atoms with Crippen LogP contribution in [0.15, 0.2) is 0 Å². The summed E-state index contributed by atoms with van der Waals surface area (Å²) in [4.78, 5) is 25.7. The van der Waals surface area contributed by atoms with Crippen molar-refractivity contribution in [2.24, 2.45) is 5.41 Å². The van der Waals surface area contributed by atoms with E-state index in [1.807, 2.05) is 0 Å². The maximum absolute atomic E-state index is 12.7. The standard InChI is InChI=1S/C14H21N3O2/c15-11-14(6-3-1-2-4-7-14)13(19)17-9-5-12(18)16-8-10-17/h1-10H2,(H,16,18). The van der Waals surface area contributed by atoms with Gasteiger partial charge in [-0.15, -0.1) is 0 Å². The molecular weight excluding hydrogens is 242 g/mol. The molecule has 1 saturated heterocycles. The highest BCUT2D eigenvalue weighted by molar-refractivity contribution is 5.86. The average molecular weight is 263 g/mol. The Morgan fingerprint density at radius 3 is 2.53 bits per heavy atom. The highest BCUT2D eigenvalue weighted by Gasteiger charge is 2.41. The van der Waals surface area contributed by atoms with Gasteiger partial charge in [0.25, 0.3) is 0 Å². The SMILES string of the molecule is N#CC1(C(=O)N2CCNC(=O)CC2)CCCCCC1. The Morgan fingerprint density at radius 1 is 1.21 bits per heavy atom. The Labute approximate surface area is 113 Å². The molecule has 19 heavy (non-hydrogen) atoms. The largest absolute Gasteiger partial charge is 0.354 e. The van der Waals surface area contributed by atoms with E-state index in [-0.39, 0.29) is 11.8 Å². The molecule has 0 aromatic rings. The van der Waals surface area contributed by atoms with Crippen LogP contribution in [0.2, 0.25) is 0 Å². The van der Waals surface area contributed by atoms with Gasteiger partial charge in [-0.1, -0.05) is 25.7 Å². The van der Waals surface area contributed by atoms with E-state index in [1.54, 1.807) is 4.90 Å². The van der Waals surface area contributed by atoms with E-state index in [9.17, 15) is 14.9 Å². The Hall–Kier alpha value is -1.57. The second-order valence-electron chi connectivity index (χ2n) is 5.50. The maximum Gasteiger partial charge on any atom is 0.243 e. The molecule has 0 atom stereocenters. The monoisotopic (exact) mass is 263 g/mol. The minimum atomic E-state index is -0.843. The first-order valence-corrected chi connectivity index (χ1v) is 7.15. The highest BCUT2D eigenvalue weighted by atomic mass is 16.2. The summed E-state index contributed by atoms with van der Waals surface area (Å²) in [5, 5.41) is 12.3. The summed E-state index contributed by atoms with van der Waals surface area (Å²) in [6.07, 6.45) is 5.79. The van der Waals surface area contributed by atoms with E-state index in [0.29, 0.717) is 38.9 Å². The third-order valence-corrected chi connectivity index (χ3v) is 4.18. The average Bonchev–Trinajstić information content (AvgIpc) is 2.79. The van der Waals surface area contributed by atoms with Crippen LogP contribution in [0, 0.1) is 16.7 Å². The lowest BCUT2D eigenvalue weighted by Gasteiger charge is -2.30. The molecule has 2 rings (SSSR count). The van der Waals surface area contributed by atoms with Crippen LogP contribution in [0.25, 0.3) is 0 Å². The Balaban J connectivity index is 2.11. The van der Waals surface area contributed by atoms with E-state index >= 15 is 0 Å². The molecule has 0 unspecified atom stereocenters. The third kappa shape index (κ3) is 3.06. The fourth-order valence-corrected chi connectivity index (χ4v) is 2.98. The van der Waals surface area contributed by atoms with Gasteiger partial charge in [0.2, 0.25) is 11.8 Å². The van der Waals surface area contributed by atoms with Crippen molar-refractivity contribution in [2.75, 3.05) is 19.6 Å². The van der Waals surface area contributed by atoms with Crippen LogP contribution >= 0.6 is 0 Å². The number of amides is 2. The molecule has 5 heteroatoms. The second kappa shape index (κ2) is 6.05. The van der Waals surface area contributed by atoms with Gasteiger partial charge in [-0.2, -0.15) is 5.26 Å². The van der Waals surface area contributed by atoms with Crippen LogP contribution < -0.4 is 5.32 Å². The molecule has 104 valence electrons. The van der Waals surface area contributed by atoms with Gasteiger partial charge in [-0.05, 0) is 12.8 Å². The summed E-state index contributed by atoms with van der Waals surface area (Å²) in [7, 11) is 0. The van der Waals surface area contributed by atoms with Crippen LogP contribution in [-0.2, 0) is 9.59 Å². The number of nitrogens with zero attached hydrogens (tertiary/aromatic N) is 2. The fraction of sp³-hybridized carbons (Fsp3) is 0.786. The van der Waals surface area contributed by atoms with Crippen LogP contribution in [-0.4, -0.2) is 36.3 Å². The molecular formula is C14H21N3O2. The first-order valence-electron chi connectivity index (χ1n) is 7.15. The third-order valence-electron chi connectivity index (χ3n) is 4.18. The lowest BCUT2D eigenvalue weighted by atomic mass is 9.80. The van der Waals surface area contributed by atoms with Gasteiger partial charge < -0.3 is 10.2 Å². The second-order valence-corrected chi connectivity index (χ2v) is 5.50. The van der Waals surface area contributed by atoms with Crippen molar-refractivity contribution in [3.05, 3.63) is 0 Å². The maximum atomic E-state index is 12.7. The van der Waals surface area contributed by atoms with E-state index in [2.05, 4.69) is 11.4 Å². The molecule has 2 amide bonds. The number of nitrogens with one attached hydrogen (secondary N) is 1. The zero-order valence-corrected chi connectivity index (χ0v) is 11.3. The van der Waals surface area contributed by atoms with Gasteiger partial charge in [0.1, 0.15) is 5.41 Å². The fourth-order valence-electron chi connectivity index (χ4n) is 2.98. The zero-order valence-electron chi connectivity index (χ0n) is 11.3. The first-order chi connectivity index (χ1) is 9.18. The molecule has 1 aliphatic heterocycles. The zero-order chi connectivity index (χ0) is 13.7. The van der Waals surface area contributed by atoms with Crippen LogP contribution in [0.3, 0.4) is 0 Å². The lowest BCUT2D eigenvalue weighted by molar-refractivity contribution is -0.139. The van der Waals surface area contributed by atoms with Crippen LogP contribution in [0.1, 0.15) is 44.9 Å². The number of nitriles is 1. The molecule has 5 nitrogen and oxygen atoms in total. The summed E-state index contributed by atoms with van der Waals surface area (Å²) < 4.78 is 0. The van der Waals surface area contributed by atoms with Crippen molar-refractivity contribution in [1.82, 2.24) is 10.2 Å². The van der Waals surface area contributed by atoms with Gasteiger partial charge in [0.05, 0.1) is 6.07 Å². The Bertz CT molecular complexity index is 392. The minimum absolute atomic E-state index is 0.0119. The van der Waals surface area contributed by atoms with Crippen molar-refractivity contribution in [3.8, 4) is 6.07 Å². The van der Waals surface area contributed by atoms with E-state index in [1.165, 1.54) is 0 Å². The Morgan fingerprint density at radius 2 is 1.89 bits per heavy atom. The summed E-state index contributed by atoms with van der Waals surface area (Å²) in [6.45, 7) is 1.45. The first kappa shape index (κ1) is 13.9. The Kier molecular flexibility index (Phi) is 4.41. The number of carbonyl (C=O) groups is 2. The number of carbonyl (C=O) groups excluding carboxylic acids is 2. The van der Waals surface area contributed by atoms with Crippen molar-refractivity contribution in [3.63, 3.8) is 0 Å². The molecule has 2 aliphatic rings. The molecule has 1 heterocycles. The van der Waals surface area contributed by atoms with Gasteiger partial charge >= 0.3 is 0 Å².